The highest BCUT2D eigenvalue weighted by Crippen LogP contribution is 2.21. The fraction of sp³-hybridized carbons (Fsp3) is 0.286. The average molecular weight is 240 g/mol. The van der Waals surface area contributed by atoms with Crippen LogP contribution in [0.15, 0.2) is 16.6 Å². The molecule has 1 aromatic rings. The molecule has 0 saturated carbocycles. The molecule has 12 heavy (non-hydrogen) atoms. The molecule has 1 heterocycles. The van der Waals surface area contributed by atoms with Gasteiger partial charge in [-0.1, -0.05) is 15.9 Å². The van der Waals surface area contributed by atoms with Gasteiger partial charge < -0.3 is 0 Å². The monoisotopic (exact) mass is 239 g/mol. The van der Waals surface area contributed by atoms with Gasteiger partial charge in [0.05, 0.1) is 5.69 Å². The van der Waals surface area contributed by atoms with Crippen molar-refractivity contribution in [1.29, 1.82) is 0 Å². The van der Waals surface area contributed by atoms with E-state index in [0.29, 0.717) is 4.47 Å². The Kier molecular flexibility index (Phi) is 3.08. The zero-order valence-corrected chi connectivity index (χ0v) is 7.48. The third-order valence-corrected chi connectivity index (χ3v) is 1.68. The molecular weight excluding hydrogens is 235 g/mol. The summed E-state index contributed by atoms with van der Waals surface area (Å²) in [5.74, 6) is 0. The summed E-state index contributed by atoms with van der Waals surface area (Å²) >= 11 is 2.98. The van der Waals surface area contributed by atoms with E-state index in [1.54, 1.807) is 0 Å². The molecular formula is C7H5BrF3N. The zero-order chi connectivity index (χ0) is 9.14. The minimum Gasteiger partial charge on any atom is -0.249 e. The number of hydrogen-bond donors (Lipinski definition) is 0. The second-order valence-electron chi connectivity index (χ2n) is 2.14. The smallest absolute Gasteiger partial charge is 0.249 e. The van der Waals surface area contributed by atoms with E-state index in [0.717, 1.165) is 0 Å². The Hall–Kier alpha value is -0.580. The maximum atomic E-state index is 12.1. The summed E-state index contributed by atoms with van der Waals surface area (Å²) in [4.78, 5) is 3.40. The number of nitrogens with zero attached hydrogens (tertiary/aromatic N) is 1. The Morgan fingerprint density at radius 2 is 2.08 bits per heavy atom. The number of rotatable bonds is 2. The Bertz CT molecular complexity index is 277. The molecule has 0 bridgehead atoms. The third-order valence-electron chi connectivity index (χ3n) is 1.22. The van der Waals surface area contributed by atoms with Crippen LogP contribution in [-0.4, -0.2) is 4.98 Å². The summed E-state index contributed by atoms with van der Waals surface area (Å²) < 4.78 is 36.6. The van der Waals surface area contributed by atoms with Gasteiger partial charge >= 0.3 is 0 Å². The van der Waals surface area contributed by atoms with E-state index >= 15 is 0 Å². The van der Waals surface area contributed by atoms with Gasteiger partial charge in [0, 0.05) is 4.47 Å². The highest BCUT2D eigenvalue weighted by Gasteiger charge is 2.10. The van der Waals surface area contributed by atoms with Crippen molar-refractivity contribution in [3.05, 3.63) is 28.0 Å². The lowest BCUT2D eigenvalue weighted by Gasteiger charge is -2.01. The molecule has 0 fully saturated rings. The van der Waals surface area contributed by atoms with Crippen molar-refractivity contribution in [2.75, 3.05) is 0 Å². The van der Waals surface area contributed by atoms with Crippen molar-refractivity contribution in [1.82, 2.24) is 4.98 Å². The number of alkyl halides is 3. The molecule has 0 unspecified atom stereocenters. The van der Waals surface area contributed by atoms with Crippen molar-refractivity contribution >= 4 is 15.9 Å². The predicted molar refractivity (Wildman–Crippen MR) is 41.7 cm³/mol. The molecule has 0 radical (unpaired) electrons. The number of aromatic nitrogens is 1. The maximum absolute atomic E-state index is 12.1. The van der Waals surface area contributed by atoms with Gasteiger partial charge in [0.2, 0.25) is 0 Å². The molecule has 1 rings (SSSR count). The molecule has 0 aromatic carbocycles. The minimum absolute atomic E-state index is 0.0136. The lowest BCUT2D eigenvalue weighted by Crippen LogP contribution is -1.94. The van der Waals surface area contributed by atoms with Crippen molar-refractivity contribution in [3.8, 4) is 0 Å². The molecule has 0 N–H and O–H groups in total. The van der Waals surface area contributed by atoms with E-state index in [1.807, 2.05) is 0 Å². The van der Waals surface area contributed by atoms with Gasteiger partial charge in [-0.15, -0.1) is 0 Å². The van der Waals surface area contributed by atoms with E-state index in [2.05, 4.69) is 20.9 Å². The second-order valence-corrected chi connectivity index (χ2v) is 3.05. The first-order valence-corrected chi connectivity index (χ1v) is 3.93. The number of hydrogen-bond acceptors (Lipinski definition) is 1. The van der Waals surface area contributed by atoms with Gasteiger partial charge in [0.1, 0.15) is 12.4 Å². The number of halogens is 4. The Balaban J connectivity index is 3.06. The van der Waals surface area contributed by atoms with Crippen LogP contribution in [0.1, 0.15) is 17.8 Å². The van der Waals surface area contributed by atoms with E-state index in [-0.39, 0.29) is 5.69 Å². The molecule has 0 aliphatic rings. The zero-order valence-electron chi connectivity index (χ0n) is 5.90. The summed E-state index contributed by atoms with van der Waals surface area (Å²) in [5, 5.41) is 0. The van der Waals surface area contributed by atoms with Gasteiger partial charge in [-0.2, -0.15) is 0 Å². The van der Waals surface area contributed by atoms with Gasteiger partial charge in [-0.25, -0.2) is 18.2 Å². The Morgan fingerprint density at radius 3 is 2.58 bits per heavy atom. The van der Waals surface area contributed by atoms with Crippen LogP contribution in [0.2, 0.25) is 0 Å². The van der Waals surface area contributed by atoms with Crippen LogP contribution < -0.4 is 0 Å². The molecule has 0 saturated heterocycles. The first-order valence-electron chi connectivity index (χ1n) is 3.14. The Labute approximate surface area is 75.7 Å². The van der Waals surface area contributed by atoms with Gasteiger partial charge in [0.25, 0.3) is 6.43 Å². The quantitative estimate of drug-likeness (QED) is 0.773. The van der Waals surface area contributed by atoms with Crippen molar-refractivity contribution < 1.29 is 13.2 Å². The minimum atomic E-state index is -2.66. The van der Waals surface area contributed by atoms with Crippen LogP contribution in [0.5, 0.6) is 0 Å². The largest absolute Gasteiger partial charge is 0.280 e. The highest BCUT2D eigenvalue weighted by molar-refractivity contribution is 9.10. The molecule has 0 aliphatic heterocycles. The van der Waals surface area contributed by atoms with E-state index in [4.69, 9.17) is 0 Å². The molecule has 1 aromatic heterocycles. The van der Waals surface area contributed by atoms with Crippen molar-refractivity contribution in [2.24, 2.45) is 0 Å². The fourth-order valence-corrected chi connectivity index (χ4v) is 1.25. The number of pyridine rings is 1. The van der Waals surface area contributed by atoms with E-state index < -0.39 is 18.8 Å². The Morgan fingerprint density at radius 1 is 1.42 bits per heavy atom. The lowest BCUT2D eigenvalue weighted by atomic mass is 10.3. The molecule has 1 nitrogen and oxygen atoms in total. The van der Waals surface area contributed by atoms with E-state index in [9.17, 15) is 13.2 Å². The molecule has 0 spiro atoms. The van der Waals surface area contributed by atoms with Crippen LogP contribution >= 0.6 is 15.9 Å². The summed E-state index contributed by atoms with van der Waals surface area (Å²) in [6.45, 7) is -0.834. The van der Waals surface area contributed by atoms with Gasteiger partial charge in [0.15, 0.2) is 0 Å². The standard InChI is InChI=1S/C7H5BrF3N/c8-4-1-5(3-9)12-6(2-4)7(10)11/h1-2,7H,3H2. The molecule has 0 amide bonds. The summed E-state index contributed by atoms with van der Waals surface area (Å²) in [7, 11) is 0. The van der Waals surface area contributed by atoms with Crippen LogP contribution in [0.3, 0.4) is 0 Å². The highest BCUT2D eigenvalue weighted by atomic mass is 79.9. The fourth-order valence-electron chi connectivity index (χ4n) is 0.753. The van der Waals surface area contributed by atoms with E-state index in [1.165, 1.54) is 12.1 Å². The molecule has 5 heteroatoms. The van der Waals surface area contributed by atoms with Crippen LogP contribution in [0, 0.1) is 0 Å². The normalized spacial score (nSPS) is 10.8. The average Bonchev–Trinajstić information content (AvgIpc) is 2.03. The predicted octanol–water partition coefficient (Wildman–Crippen LogP) is 3.25. The summed E-state index contributed by atoms with van der Waals surface area (Å²) in [5.41, 5.74) is -0.392. The van der Waals surface area contributed by atoms with Crippen LogP contribution in [-0.2, 0) is 6.67 Å². The van der Waals surface area contributed by atoms with Gasteiger partial charge in [-0.05, 0) is 12.1 Å². The SMILES string of the molecule is FCc1cc(Br)cc(C(F)F)n1. The van der Waals surface area contributed by atoms with Crippen molar-refractivity contribution in [2.45, 2.75) is 13.1 Å². The van der Waals surface area contributed by atoms with Gasteiger partial charge in [-0.3, -0.25) is 0 Å². The van der Waals surface area contributed by atoms with Crippen molar-refractivity contribution in [3.63, 3.8) is 0 Å². The second kappa shape index (κ2) is 3.89. The topological polar surface area (TPSA) is 12.9 Å². The summed E-state index contributed by atoms with van der Waals surface area (Å²) in [6.07, 6.45) is -2.66. The summed E-state index contributed by atoms with van der Waals surface area (Å²) in [6, 6.07) is 2.54. The molecule has 0 aliphatic carbocycles. The lowest BCUT2D eigenvalue weighted by molar-refractivity contribution is 0.145. The molecule has 66 valence electrons. The van der Waals surface area contributed by atoms with Crippen LogP contribution in [0.4, 0.5) is 13.2 Å². The first kappa shape index (κ1) is 9.51. The maximum Gasteiger partial charge on any atom is 0.280 e. The molecule has 0 atom stereocenters. The third kappa shape index (κ3) is 2.20. The first-order chi connectivity index (χ1) is 5.63. The van der Waals surface area contributed by atoms with Crippen LogP contribution in [0.25, 0.3) is 0 Å².